The van der Waals surface area contributed by atoms with Crippen molar-refractivity contribution in [3.8, 4) is 0 Å². The van der Waals surface area contributed by atoms with E-state index in [4.69, 9.17) is 23.2 Å². The smallest absolute Gasteiger partial charge is 0.0977 e. The quantitative estimate of drug-likeness (QED) is 0.839. The van der Waals surface area contributed by atoms with Crippen molar-refractivity contribution in [1.29, 1.82) is 0 Å². The summed E-state index contributed by atoms with van der Waals surface area (Å²) < 4.78 is 0. The molecule has 0 fully saturated rings. The maximum absolute atomic E-state index is 10.2. The van der Waals surface area contributed by atoms with Crippen LogP contribution in [0.5, 0.6) is 0 Å². The van der Waals surface area contributed by atoms with Crippen molar-refractivity contribution in [1.82, 2.24) is 0 Å². The number of aryl methyl sites for hydroxylation is 1. The third kappa shape index (κ3) is 3.89. The predicted octanol–water partition coefficient (Wildman–Crippen LogP) is 4.70. The number of rotatable bonds is 5. The lowest BCUT2D eigenvalue weighted by atomic mass is 10.1. The molecule has 106 valence electrons. The van der Waals surface area contributed by atoms with E-state index in [0.717, 1.165) is 12.1 Å². The van der Waals surface area contributed by atoms with Crippen molar-refractivity contribution in [2.24, 2.45) is 0 Å². The van der Waals surface area contributed by atoms with Gasteiger partial charge in [0.25, 0.3) is 0 Å². The molecule has 0 heterocycles. The maximum Gasteiger partial charge on any atom is 0.0977 e. The summed E-state index contributed by atoms with van der Waals surface area (Å²) in [7, 11) is 0. The highest BCUT2D eigenvalue weighted by atomic mass is 35.5. The minimum Gasteiger partial charge on any atom is -0.387 e. The van der Waals surface area contributed by atoms with Crippen LogP contribution in [0.2, 0.25) is 10.0 Å². The average molecular weight is 310 g/mol. The average Bonchev–Trinajstić information content (AvgIpc) is 2.47. The molecule has 2 aromatic rings. The molecule has 2 N–H and O–H groups in total. The number of aliphatic hydroxyl groups is 1. The van der Waals surface area contributed by atoms with Crippen LogP contribution in [0, 0.1) is 0 Å². The van der Waals surface area contributed by atoms with Crippen LogP contribution < -0.4 is 5.32 Å². The normalized spacial score (nSPS) is 12.2. The first-order valence-electron chi connectivity index (χ1n) is 6.56. The number of hydrogen-bond acceptors (Lipinski definition) is 2. The highest BCUT2D eigenvalue weighted by Gasteiger charge is 2.12. The summed E-state index contributed by atoms with van der Waals surface area (Å²) >= 11 is 12.0. The van der Waals surface area contributed by atoms with Crippen LogP contribution in [-0.2, 0) is 6.42 Å². The predicted molar refractivity (Wildman–Crippen MR) is 85.7 cm³/mol. The van der Waals surface area contributed by atoms with Crippen molar-refractivity contribution in [2.45, 2.75) is 19.4 Å². The Morgan fingerprint density at radius 3 is 2.70 bits per heavy atom. The van der Waals surface area contributed by atoms with Gasteiger partial charge in [0, 0.05) is 27.8 Å². The molecule has 2 rings (SSSR count). The van der Waals surface area contributed by atoms with Crippen molar-refractivity contribution < 1.29 is 5.11 Å². The fourth-order valence-corrected chi connectivity index (χ4v) is 2.42. The molecule has 0 aliphatic rings. The molecule has 0 aliphatic heterocycles. The van der Waals surface area contributed by atoms with Gasteiger partial charge in [-0.05, 0) is 42.3 Å². The molecule has 2 nitrogen and oxygen atoms in total. The Kier molecular flexibility index (Phi) is 5.30. The van der Waals surface area contributed by atoms with E-state index in [1.54, 1.807) is 18.2 Å². The molecular formula is C16H17Cl2NO. The Bertz CT molecular complexity index is 586. The monoisotopic (exact) mass is 309 g/mol. The summed E-state index contributed by atoms with van der Waals surface area (Å²) in [5, 5.41) is 14.5. The van der Waals surface area contributed by atoms with Crippen LogP contribution in [0.3, 0.4) is 0 Å². The molecule has 0 radical (unpaired) electrons. The van der Waals surface area contributed by atoms with Crippen molar-refractivity contribution in [2.75, 3.05) is 11.9 Å². The van der Waals surface area contributed by atoms with E-state index < -0.39 is 6.10 Å². The lowest BCUT2D eigenvalue weighted by Gasteiger charge is -2.15. The summed E-state index contributed by atoms with van der Waals surface area (Å²) in [5.74, 6) is 0. The first-order valence-corrected chi connectivity index (χ1v) is 7.31. The van der Waals surface area contributed by atoms with Crippen LogP contribution in [-0.4, -0.2) is 11.7 Å². The number of hydrogen-bond donors (Lipinski definition) is 2. The standard InChI is InChI=1S/C16H17Cl2NO/c1-2-11-4-3-5-13(8-11)19-10-16(20)14-9-12(17)6-7-15(14)18/h3-9,16,19-20H,2,10H2,1H3. The summed E-state index contributed by atoms with van der Waals surface area (Å²) in [4.78, 5) is 0. The van der Waals surface area contributed by atoms with Crippen LogP contribution in [0.15, 0.2) is 42.5 Å². The molecule has 2 aromatic carbocycles. The zero-order chi connectivity index (χ0) is 14.5. The van der Waals surface area contributed by atoms with Crippen molar-refractivity contribution in [3.05, 3.63) is 63.6 Å². The third-order valence-electron chi connectivity index (χ3n) is 3.15. The first kappa shape index (κ1) is 15.2. The van der Waals surface area contributed by atoms with Gasteiger partial charge in [0.1, 0.15) is 0 Å². The maximum atomic E-state index is 10.2. The van der Waals surface area contributed by atoms with Gasteiger partial charge in [-0.15, -0.1) is 0 Å². The van der Waals surface area contributed by atoms with Crippen LogP contribution >= 0.6 is 23.2 Å². The van der Waals surface area contributed by atoms with Gasteiger partial charge >= 0.3 is 0 Å². The molecule has 0 saturated heterocycles. The van der Waals surface area contributed by atoms with Gasteiger partial charge in [-0.2, -0.15) is 0 Å². The fraction of sp³-hybridized carbons (Fsp3) is 0.250. The van der Waals surface area contributed by atoms with Crippen LogP contribution in [0.1, 0.15) is 24.2 Å². The molecule has 0 bridgehead atoms. The van der Waals surface area contributed by atoms with Crippen molar-refractivity contribution in [3.63, 3.8) is 0 Å². The number of halogens is 2. The number of nitrogens with one attached hydrogen (secondary N) is 1. The van der Waals surface area contributed by atoms with E-state index in [1.807, 2.05) is 12.1 Å². The van der Waals surface area contributed by atoms with Gasteiger partial charge in [0.2, 0.25) is 0 Å². The molecule has 0 aliphatic carbocycles. The second-order valence-electron chi connectivity index (χ2n) is 4.62. The SMILES string of the molecule is CCc1cccc(NCC(O)c2cc(Cl)ccc2Cl)c1. The molecule has 20 heavy (non-hydrogen) atoms. The Morgan fingerprint density at radius 2 is 1.95 bits per heavy atom. The van der Waals surface area contributed by atoms with E-state index in [0.29, 0.717) is 22.2 Å². The van der Waals surface area contributed by atoms with E-state index in [-0.39, 0.29) is 0 Å². The number of aliphatic hydroxyl groups excluding tert-OH is 1. The van der Waals surface area contributed by atoms with Gasteiger partial charge in [-0.25, -0.2) is 0 Å². The van der Waals surface area contributed by atoms with Gasteiger partial charge in [0.15, 0.2) is 0 Å². The van der Waals surface area contributed by atoms with E-state index >= 15 is 0 Å². The van der Waals surface area contributed by atoms with E-state index in [2.05, 4.69) is 24.4 Å². The lowest BCUT2D eigenvalue weighted by molar-refractivity contribution is 0.192. The minimum absolute atomic E-state index is 0.382. The van der Waals surface area contributed by atoms with Gasteiger partial charge in [0.05, 0.1) is 6.10 Å². The number of benzene rings is 2. The van der Waals surface area contributed by atoms with Crippen molar-refractivity contribution >= 4 is 28.9 Å². The number of anilines is 1. The second-order valence-corrected chi connectivity index (χ2v) is 5.46. The van der Waals surface area contributed by atoms with E-state index in [9.17, 15) is 5.11 Å². The van der Waals surface area contributed by atoms with Crippen LogP contribution in [0.4, 0.5) is 5.69 Å². The highest BCUT2D eigenvalue weighted by Crippen LogP contribution is 2.26. The lowest BCUT2D eigenvalue weighted by Crippen LogP contribution is -2.12. The summed E-state index contributed by atoms with van der Waals surface area (Å²) in [6.45, 7) is 2.49. The van der Waals surface area contributed by atoms with E-state index in [1.165, 1.54) is 5.56 Å². The van der Waals surface area contributed by atoms with Crippen LogP contribution in [0.25, 0.3) is 0 Å². The largest absolute Gasteiger partial charge is 0.387 e. The minimum atomic E-state index is -0.702. The third-order valence-corrected chi connectivity index (χ3v) is 3.73. The zero-order valence-corrected chi connectivity index (χ0v) is 12.7. The molecule has 4 heteroatoms. The molecule has 1 unspecified atom stereocenters. The fourth-order valence-electron chi connectivity index (χ4n) is 2.00. The molecular weight excluding hydrogens is 293 g/mol. The molecule has 1 atom stereocenters. The molecule has 0 saturated carbocycles. The van der Waals surface area contributed by atoms with Gasteiger partial charge in [-0.1, -0.05) is 42.3 Å². The second kappa shape index (κ2) is 6.98. The topological polar surface area (TPSA) is 32.3 Å². The Balaban J connectivity index is 2.04. The first-order chi connectivity index (χ1) is 9.60. The Morgan fingerprint density at radius 1 is 1.15 bits per heavy atom. The van der Waals surface area contributed by atoms with Gasteiger partial charge < -0.3 is 10.4 Å². The molecule has 0 spiro atoms. The summed E-state index contributed by atoms with van der Waals surface area (Å²) in [6, 6.07) is 13.2. The zero-order valence-electron chi connectivity index (χ0n) is 11.2. The Hall–Kier alpha value is -1.22. The molecule has 0 aromatic heterocycles. The summed E-state index contributed by atoms with van der Waals surface area (Å²) in [5.41, 5.74) is 2.88. The highest BCUT2D eigenvalue weighted by molar-refractivity contribution is 6.33. The van der Waals surface area contributed by atoms with Gasteiger partial charge in [-0.3, -0.25) is 0 Å². The summed E-state index contributed by atoms with van der Waals surface area (Å²) in [6.07, 6.45) is 0.282. The molecule has 0 amide bonds. The Labute approximate surface area is 129 Å².